The van der Waals surface area contributed by atoms with Crippen molar-refractivity contribution in [3.05, 3.63) is 59.4 Å². The van der Waals surface area contributed by atoms with Crippen LogP contribution in [-0.4, -0.2) is 38.2 Å². The van der Waals surface area contributed by atoms with Gasteiger partial charge in [0.2, 0.25) is 0 Å². The Morgan fingerprint density at radius 1 is 1.04 bits per heavy atom. The Morgan fingerprint density at radius 3 is 2.52 bits per heavy atom. The van der Waals surface area contributed by atoms with Crippen molar-refractivity contribution in [2.24, 2.45) is 0 Å². The molecule has 0 aliphatic rings. The van der Waals surface area contributed by atoms with Crippen LogP contribution in [0.15, 0.2) is 42.5 Å². The lowest BCUT2D eigenvalue weighted by molar-refractivity contribution is 0.279. The molecule has 0 atom stereocenters. The van der Waals surface area contributed by atoms with Crippen molar-refractivity contribution in [3.63, 3.8) is 0 Å². The van der Waals surface area contributed by atoms with Crippen LogP contribution in [0.5, 0.6) is 11.5 Å². The van der Waals surface area contributed by atoms with Crippen LogP contribution in [0.2, 0.25) is 0 Å². The number of rotatable bonds is 12. The van der Waals surface area contributed by atoms with E-state index in [2.05, 4.69) is 24.1 Å². The Hall–Kier alpha value is -2.11. The summed E-state index contributed by atoms with van der Waals surface area (Å²) in [5.74, 6) is 1.02. The quantitative estimate of drug-likeness (QED) is 0.564. The van der Waals surface area contributed by atoms with Crippen LogP contribution in [0.4, 0.5) is 4.39 Å². The van der Waals surface area contributed by atoms with Crippen LogP contribution in [-0.2, 0) is 13.2 Å². The molecule has 0 saturated carbocycles. The second-order valence-corrected chi connectivity index (χ2v) is 6.42. The molecule has 4 nitrogen and oxygen atoms in total. The number of nitrogens with zero attached hydrogens (tertiary/aromatic N) is 1. The molecule has 0 radical (unpaired) electrons. The summed E-state index contributed by atoms with van der Waals surface area (Å²) in [5, 5.41) is 3.47. The third kappa shape index (κ3) is 6.85. The van der Waals surface area contributed by atoms with E-state index in [9.17, 15) is 4.39 Å². The van der Waals surface area contributed by atoms with E-state index in [0.717, 1.165) is 44.7 Å². The third-order valence-corrected chi connectivity index (χ3v) is 4.62. The summed E-state index contributed by atoms with van der Waals surface area (Å²) in [6.45, 7) is 9.63. The molecule has 0 bridgehead atoms. The van der Waals surface area contributed by atoms with Crippen LogP contribution in [0.1, 0.15) is 31.4 Å². The fourth-order valence-electron chi connectivity index (χ4n) is 2.91. The molecule has 0 aliphatic heterocycles. The standard InChI is InChI=1S/C22H31FN2O2/c1-4-25(5-2)14-8-13-24-16-18-11-12-21(22(15-18)26-3)27-17-19-9-6-7-10-20(19)23/h6-7,9-12,15,24H,4-5,8,13-14,16-17H2,1-3H3. The first-order valence-corrected chi connectivity index (χ1v) is 9.64. The van der Waals surface area contributed by atoms with Crippen molar-refractivity contribution >= 4 is 0 Å². The van der Waals surface area contributed by atoms with Crippen molar-refractivity contribution < 1.29 is 13.9 Å². The normalized spacial score (nSPS) is 11.0. The fourth-order valence-corrected chi connectivity index (χ4v) is 2.91. The smallest absolute Gasteiger partial charge is 0.161 e. The minimum absolute atomic E-state index is 0.173. The molecule has 0 aliphatic carbocycles. The van der Waals surface area contributed by atoms with E-state index in [0.29, 0.717) is 17.1 Å². The van der Waals surface area contributed by atoms with Crippen LogP contribution >= 0.6 is 0 Å². The topological polar surface area (TPSA) is 33.7 Å². The molecular formula is C22H31FN2O2. The lowest BCUT2D eigenvalue weighted by Gasteiger charge is -2.17. The molecule has 0 spiro atoms. The van der Waals surface area contributed by atoms with Gasteiger partial charge in [-0.25, -0.2) is 4.39 Å². The third-order valence-electron chi connectivity index (χ3n) is 4.62. The Bertz CT molecular complexity index is 690. The van der Waals surface area contributed by atoms with Crippen molar-refractivity contribution in [1.29, 1.82) is 0 Å². The first kappa shape index (κ1) is 21.2. The average molecular weight is 375 g/mol. The molecule has 2 rings (SSSR count). The summed E-state index contributed by atoms with van der Waals surface area (Å²) in [4.78, 5) is 2.42. The first-order chi connectivity index (χ1) is 13.2. The fraction of sp³-hybridized carbons (Fsp3) is 0.455. The Morgan fingerprint density at radius 2 is 1.81 bits per heavy atom. The largest absolute Gasteiger partial charge is 0.493 e. The van der Waals surface area contributed by atoms with Gasteiger partial charge in [-0.3, -0.25) is 0 Å². The average Bonchev–Trinajstić information content (AvgIpc) is 2.70. The molecule has 2 aromatic carbocycles. The summed E-state index contributed by atoms with van der Waals surface area (Å²) in [7, 11) is 1.62. The van der Waals surface area contributed by atoms with E-state index < -0.39 is 0 Å². The van der Waals surface area contributed by atoms with E-state index in [4.69, 9.17) is 9.47 Å². The van der Waals surface area contributed by atoms with Gasteiger partial charge in [0.05, 0.1) is 7.11 Å². The summed E-state index contributed by atoms with van der Waals surface area (Å²) < 4.78 is 24.9. The molecule has 0 aromatic heterocycles. The van der Waals surface area contributed by atoms with Crippen molar-refractivity contribution in [2.45, 2.75) is 33.4 Å². The minimum Gasteiger partial charge on any atom is -0.493 e. The molecule has 0 fully saturated rings. The molecule has 148 valence electrons. The van der Waals surface area contributed by atoms with Crippen molar-refractivity contribution in [1.82, 2.24) is 10.2 Å². The maximum atomic E-state index is 13.7. The van der Waals surface area contributed by atoms with Gasteiger partial charge in [0.25, 0.3) is 0 Å². The molecule has 0 amide bonds. The first-order valence-electron chi connectivity index (χ1n) is 9.64. The molecule has 0 saturated heterocycles. The Labute approximate surface area is 162 Å². The van der Waals surface area contributed by atoms with E-state index in [1.807, 2.05) is 18.2 Å². The number of benzene rings is 2. The number of hydrogen-bond donors (Lipinski definition) is 1. The predicted octanol–water partition coefficient (Wildman–Crippen LogP) is 4.23. The van der Waals surface area contributed by atoms with E-state index in [1.165, 1.54) is 6.07 Å². The molecule has 0 unspecified atom stereocenters. The lowest BCUT2D eigenvalue weighted by Crippen LogP contribution is -2.27. The van der Waals surface area contributed by atoms with Crippen LogP contribution in [0.3, 0.4) is 0 Å². The van der Waals surface area contributed by atoms with Gasteiger partial charge < -0.3 is 19.7 Å². The SMILES string of the molecule is CCN(CC)CCCNCc1ccc(OCc2ccccc2F)c(OC)c1. The second kappa shape index (κ2) is 11.6. The molecule has 1 N–H and O–H groups in total. The van der Waals surface area contributed by atoms with Crippen molar-refractivity contribution in [3.8, 4) is 11.5 Å². The molecule has 5 heteroatoms. The Kier molecular flexibility index (Phi) is 9.08. The maximum absolute atomic E-state index is 13.7. The molecule has 0 heterocycles. The zero-order chi connectivity index (χ0) is 19.5. The second-order valence-electron chi connectivity index (χ2n) is 6.42. The van der Waals surface area contributed by atoms with Crippen LogP contribution in [0, 0.1) is 5.82 Å². The van der Waals surface area contributed by atoms with Crippen LogP contribution in [0.25, 0.3) is 0 Å². The summed E-state index contributed by atoms with van der Waals surface area (Å²) in [6, 6.07) is 12.5. The van der Waals surface area contributed by atoms with Gasteiger partial charge in [0.15, 0.2) is 11.5 Å². The van der Waals surface area contributed by atoms with E-state index in [-0.39, 0.29) is 12.4 Å². The minimum atomic E-state index is -0.262. The number of nitrogens with one attached hydrogen (secondary N) is 1. The van der Waals surface area contributed by atoms with Gasteiger partial charge >= 0.3 is 0 Å². The molecular weight excluding hydrogens is 343 g/mol. The number of halogens is 1. The predicted molar refractivity (Wildman–Crippen MR) is 108 cm³/mol. The van der Waals surface area contributed by atoms with Gasteiger partial charge in [-0.15, -0.1) is 0 Å². The molecule has 2 aromatic rings. The monoisotopic (exact) mass is 374 g/mol. The zero-order valence-electron chi connectivity index (χ0n) is 16.6. The van der Waals surface area contributed by atoms with Gasteiger partial charge in [0.1, 0.15) is 12.4 Å². The van der Waals surface area contributed by atoms with Crippen molar-refractivity contribution in [2.75, 3.05) is 33.3 Å². The summed E-state index contributed by atoms with van der Waals surface area (Å²) >= 11 is 0. The number of ether oxygens (including phenoxy) is 2. The lowest BCUT2D eigenvalue weighted by atomic mass is 10.2. The Balaban J connectivity index is 1.83. The summed E-state index contributed by atoms with van der Waals surface area (Å²) in [6.07, 6.45) is 1.13. The highest BCUT2D eigenvalue weighted by Crippen LogP contribution is 2.29. The van der Waals surface area contributed by atoms with E-state index in [1.54, 1.807) is 25.3 Å². The van der Waals surface area contributed by atoms with Gasteiger partial charge in [-0.05, 0) is 56.4 Å². The number of methoxy groups -OCH3 is 1. The van der Waals surface area contributed by atoms with E-state index >= 15 is 0 Å². The van der Waals surface area contributed by atoms with Crippen LogP contribution < -0.4 is 14.8 Å². The zero-order valence-corrected chi connectivity index (χ0v) is 16.6. The number of hydrogen-bond acceptors (Lipinski definition) is 4. The maximum Gasteiger partial charge on any atom is 0.161 e. The highest BCUT2D eigenvalue weighted by molar-refractivity contribution is 5.43. The molecule has 27 heavy (non-hydrogen) atoms. The van der Waals surface area contributed by atoms with Gasteiger partial charge in [-0.1, -0.05) is 38.1 Å². The van der Waals surface area contributed by atoms with Gasteiger partial charge in [0, 0.05) is 12.1 Å². The van der Waals surface area contributed by atoms with Gasteiger partial charge in [-0.2, -0.15) is 0 Å². The highest BCUT2D eigenvalue weighted by atomic mass is 19.1. The highest BCUT2D eigenvalue weighted by Gasteiger charge is 2.08. The summed E-state index contributed by atoms with van der Waals surface area (Å²) in [5.41, 5.74) is 1.66.